The molecule has 7 atom stereocenters. The molecule has 5 N–H and O–H groups in total. The Hall–Kier alpha value is -1.30. The summed E-state index contributed by atoms with van der Waals surface area (Å²) in [6.45, 7) is 19.0. The Balaban J connectivity index is 0.000000817. The van der Waals surface area contributed by atoms with Gasteiger partial charge in [-0.25, -0.2) is 0 Å². The Labute approximate surface area is 236 Å². The highest BCUT2D eigenvalue weighted by molar-refractivity contribution is 5.82. The molecule has 4 fully saturated rings. The van der Waals surface area contributed by atoms with Crippen LogP contribution in [0.25, 0.3) is 0 Å². The van der Waals surface area contributed by atoms with Crippen molar-refractivity contribution in [3.8, 4) is 0 Å². The van der Waals surface area contributed by atoms with Crippen LogP contribution in [0.1, 0.15) is 112 Å². The molecule has 4 aliphatic rings. The second-order valence-corrected chi connectivity index (χ2v) is 11.9. The molecule has 5 nitrogen and oxygen atoms in total. The first kappa shape index (κ1) is 36.7. The number of aliphatic hydroxyl groups is 1. The molecule has 0 radical (unpaired) electrons. The molecule has 1 saturated heterocycles. The van der Waals surface area contributed by atoms with Gasteiger partial charge < -0.3 is 26.4 Å². The zero-order valence-corrected chi connectivity index (χ0v) is 26.1. The molecular weight excluding hydrogens is 470 g/mol. The number of carbonyl (C=O) groups is 1. The van der Waals surface area contributed by atoms with Crippen LogP contribution in [-0.4, -0.2) is 44.4 Å². The Bertz CT molecular complexity index is 702. The van der Waals surface area contributed by atoms with Crippen LogP contribution in [0.3, 0.4) is 0 Å². The van der Waals surface area contributed by atoms with Gasteiger partial charge in [0.25, 0.3) is 0 Å². The number of aliphatic hydroxyl groups excluding tert-OH is 1. The van der Waals surface area contributed by atoms with E-state index in [2.05, 4.69) is 58.3 Å². The number of hydrogen-bond donors (Lipinski definition) is 4. The standard InChI is InChI=1S/C23H37N.C7H15N.CH5N.CH4O.CH2O/c1-6-8-17-9-10-18-20-12-11-19(16(3)24)23(20,5)15-13-21(18)22(17,4)14-7-2;1-2-7-5-3-4-6-8-7;3*1-2/h6,8,18-21,24H,1,7,9-15H2,2-5H3;7-8H,2-6H2,1H3;2H2,1H3;2H,1H3;1H2/b17-8-,24-16?;;;;. The highest BCUT2D eigenvalue weighted by atomic mass is 16.2. The molecule has 1 aliphatic heterocycles. The zero-order valence-electron chi connectivity index (χ0n) is 26.1. The second-order valence-electron chi connectivity index (χ2n) is 11.9. The summed E-state index contributed by atoms with van der Waals surface area (Å²) in [5.74, 6) is 3.13. The molecule has 7 unspecified atom stereocenters. The lowest BCUT2D eigenvalue weighted by Gasteiger charge is -2.57. The third-order valence-electron chi connectivity index (χ3n) is 10.3. The SMILES string of the molecule is C=C/C=C1/CCC2C(CCC3(C)C(C(C)=N)CCC23)C1(C)CCC.C=O.CCC1CCCCN1.CN.CO. The van der Waals surface area contributed by atoms with E-state index in [-0.39, 0.29) is 0 Å². The van der Waals surface area contributed by atoms with Gasteiger partial charge in [0.15, 0.2) is 0 Å². The predicted molar refractivity (Wildman–Crippen MR) is 166 cm³/mol. The summed E-state index contributed by atoms with van der Waals surface area (Å²) in [6.07, 6.45) is 20.4. The average molecular weight is 534 g/mol. The Morgan fingerprint density at radius 3 is 2.21 bits per heavy atom. The Morgan fingerprint density at radius 1 is 1.08 bits per heavy atom. The third-order valence-corrected chi connectivity index (χ3v) is 10.3. The Kier molecular flexibility index (Phi) is 18.2. The summed E-state index contributed by atoms with van der Waals surface area (Å²) < 4.78 is 0. The van der Waals surface area contributed by atoms with Gasteiger partial charge in [0.05, 0.1) is 0 Å². The van der Waals surface area contributed by atoms with Crippen molar-refractivity contribution in [2.45, 2.75) is 118 Å². The maximum Gasteiger partial charge on any atom is 0.106 e. The van der Waals surface area contributed by atoms with Crippen molar-refractivity contribution in [2.75, 3.05) is 20.7 Å². The lowest BCUT2D eigenvalue weighted by Crippen LogP contribution is -2.50. The number of nitrogens with two attached hydrogens (primary N) is 1. The number of rotatable bonds is 5. The van der Waals surface area contributed by atoms with E-state index in [4.69, 9.17) is 15.3 Å². The fourth-order valence-corrected chi connectivity index (χ4v) is 8.59. The van der Waals surface area contributed by atoms with Gasteiger partial charge >= 0.3 is 0 Å². The van der Waals surface area contributed by atoms with Gasteiger partial charge in [-0.15, -0.1) is 0 Å². The van der Waals surface area contributed by atoms with Crippen molar-refractivity contribution in [1.82, 2.24) is 5.32 Å². The molecule has 0 aromatic rings. The van der Waals surface area contributed by atoms with E-state index in [1.54, 1.807) is 5.57 Å². The summed E-state index contributed by atoms with van der Waals surface area (Å²) in [5.41, 5.74) is 7.89. The van der Waals surface area contributed by atoms with Crippen LogP contribution < -0.4 is 11.1 Å². The van der Waals surface area contributed by atoms with Crippen molar-refractivity contribution in [1.29, 1.82) is 5.41 Å². The van der Waals surface area contributed by atoms with E-state index < -0.39 is 0 Å². The summed E-state index contributed by atoms with van der Waals surface area (Å²) in [4.78, 5) is 8.00. The largest absolute Gasteiger partial charge is 0.400 e. The molecule has 0 bridgehead atoms. The molecule has 0 aromatic carbocycles. The van der Waals surface area contributed by atoms with Crippen LogP contribution >= 0.6 is 0 Å². The molecule has 3 aliphatic carbocycles. The van der Waals surface area contributed by atoms with Gasteiger partial charge in [-0.2, -0.15) is 0 Å². The van der Waals surface area contributed by atoms with Crippen LogP contribution in [0.15, 0.2) is 24.3 Å². The highest BCUT2D eigenvalue weighted by Crippen LogP contribution is 2.66. The first-order valence-electron chi connectivity index (χ1n) is 15.2. The summed E-state index contributed by atoms with van der Waals surface area (Å²) in [6, 6.07) is 0.837. The molecular formula is C33H63N3O2. The first-order chi connectivity index (χ1) is 18.3. The molecule has 0 aromatic heterocycles. The van der Waals surface area contributed by atoms with E-state index >= 15 is 0 Å². The fraction of sp³-hybridized carbons (Fsp3) is 0.818. The van der Waals surface area contributed by atoms with Crippen molar-refractivity contribution in [3.63, 3.8) is 0 Å². The maximum atomic E-state index is 8.28. The van der Waals surface area contributed by atoms with Crippen molar-refractivity contribution in [2.24, 2.45) is 40.2 Å². The van der Waals surface area contributed by atoms with Gasteiger partial charge in [0, 0.05) is 24.8 Å². The topological polar surface area (TPSA) is 99.2 Å². The number of carbonyl (C=O) groups excluding carboxylic acids is 1. The van der Waals surface area contributed by atoms with Crippen molar-refractivity contribution in [3.05, 3.63) is 24.3 Å². The molecule has 1 heterocycles. The molecule has 4 rings (SSSR count). The fourth-order valence-electron chi connectivity index (χ4n) is 8.59. The van der Waals surface area contributed by atoms with Gasteiger partial charge in [0.2, 0.25) is 0 Å². The molecule has 3 saturated carbocycles. The minimum atomic E-state index is 0.380. The maximum absolute atomic E-state index is 8.28. The van der Waals surface area contributed by atoms with Crippen LogP contribution in [-0.2, 0) is 4.79 Å². The summed E-state index contributed by atoms with van der Waals surface area (Å²) >= 11 is 0. The quantitative estimate of drug-likeness (QED) is 0.278. The lowest BCUT2D eigenvalue weighted by molar-refractivity contribution is -0.0980. The number of fused-ring (bicyclic) bond motifs is 3. The van der Waals surface area contributed by atoms with E-state index in [0.717, 1.165) is 36.6 Å². The number of hydrogen-bond acceptors (Lipinski definition) is 5. The number of allylic oxidation sites excluding steroid dienone is 3. The average Bonchev–Trinajstić information content (AvgIpc) is 3.32. The van der Waals surface area contributed by atoms with Gasteiger partial charge in [-0.05, 0) is 113 Å². The Morgan fingerprint density at radius 2 is 1.74 bits per heavy atom. The minimum absolute atomic E-state index is 0.380. The van der Waals surface area contributed by atoms with E-state index in [1.165, 1.54) is 90.6 Å². The van der Waals surface area contributed by atoms with E-state index in [9.17, 15) is 0 Å². The van der Waals surface area contributed by atoms with Gasteiger partial charge in [-0.3, -0.25) is 0 Å². The van der Waals surface area contributed by atoms with Gasteiger partial charge in [-0.1, -0.05) is 64.8 Å². The molecule has 0 amide bonds. The van der Waals surface area contributed by atoms with E-state index in [1.807, 2.05) is 12.9 Å². The molecule has 5 heteroatoms. The van der Waals surface area contributed by atoms with Crippen LogP contribution in [0.4, 0.5) is 0 Å². The first-order valence-corrected chi connectivity index (χ1v) is 15.2. The minimum Gasteiger partial charge on any atom is -0.400 e. The predicted octanol–water partition coefficient (Wildman–Crippen LogP) is 7.33. The number of nitrogens with one attached hydrogen (secondary N) is 2. The van der Waals surface area contributed by atoms with Crippen molar-refractivity contribution >= 4 is 12.5 Å². The normalized spacial score (nSPS) is 36.1. The van der Waals surface area contributed by atoms with Gasteiger partial charge in [0.1, 0.15) is 6.79 Å². The van der Waals surface area contributed by atoms with E-state index in [0.29, 0.717) is 16.7 Å². The zero-order chi connectivity index (χ0) is 29.4. The van der Waals surface area contributed by atoms with Crippen LogP contribution in [0.2, 0.25) is 0 Å². The second kappa shape index (κ2) is 18.9. The van der Waals surface area contributed by atoms with Crippen LogP contribution in [0.5, 0.6) is 0 Å². The monoisotopic (exact) mass is 533 g/mol. The highest BCUT2D eigenvalue weighted by Gasteiger charge is 2.58. The van der Waals surface area contributed by atoms with Crippen molar-refractivity contribution < 1.29 is 9.90 Å². The molecule has 38 heavy (non-hydrogen) atoms. The molecule has 222 valence electrons. The molecule has 0 spiro atoms. The number of piperidine rings is 1. The smallest absolute Gasteiger partial charge is 0.106 e. The lowest BCUT2D eigenvalue weighted by atomic mass is 9.47. The van der Waals surface area contributed by atoms with Crippen LogP contribution in [0, 0.1) is 39.9 Å². The summed E-state index contributed by atoms with van der Waals surface area (Å²) in [5, 5.41) is 18.8. The third kappa shape index (κ3) is 8.60. The summed E-state index contributed by atoms with van der Waals surface area (Å²) in [7, 11) is 2.50.